The van der Waals surface area contributed by atoms with Gasteiger partial charge in [0.05, 0.1) is 11.4 Å². The van der Waals surface area contributed by atoms with Gasteiger partial charge in [0.25, 0.3) is 0 Å². The molecule has 0 aromatic heterocycles. The average molecular weight is 373 g/mol. The van der Waals surface area contributed by atoms with E-state index in [2.05, 4.69) is 60.2 Å². The van der Waals surface area contributed by atoms with Gasteiger partial charge in [-0.25, -0.2) is 0 Å². The molecule has 26 heavy (non-hydrogen) atoms. The Morgan fingerprint density at radius 3 is 2.77 bits per heavy atom. The molecule has 2 fully saturated rings. The number of aliphatic hydroxyl groups excluding tert-OH is 1. The minimum atomic E-state index is -0.342. The van der Waals surface area contributed by atoms with E-state index in [9.17, 15) is 9.90 Å². The normalized spacial score (nSPS) is 35.9. The van der Waals surface area contributed by atoms with Crippen LogP contribution >= 0.6 is 11.8 Å². The van der Waals surface area contributed by atoms with Crippen LogP contribution in [-0.4, -0.2) is 34.5 Å². The SMILES string of the molecule is CC(C)NCc1ccc(C2C(O)CCC3NC(=O)C4SC=CC4C32)cc1. The van der Waals surface area contributed by atoms with Gasteiger partial charge in [-0.15, -0.1) is 11.8 Å². The summed E-state index contributed by atoms with van der Waals surface area (Å²) in [5, 5.41) is 19.5. The molecule has 0 radical (unpaired) electrons. The molecule has 1 saturated heterocycles. The number of fused-ring (bicyclic) bond motifs is 3. The highest BCUT2D eigenvalue weighted by molar-refractivity contribution is 8.03. The third-order valence-electron chi connectivity index (χ3n) is 6.05. The van der Waals surface area contributed by atoms with Gasteiger partial charge < -0.3 is 15.7 Å². The summed E-state index contributed by atoms with van der Waals surface area (Å²) in [4.78, 5) is 12.4. The zero-order valence-electron chi connectivity index (χ0n) is 15.4. The molecule has 2 aliphatic heterocycles. The summed E-state index contributed by atoms with van der Waals surface area (Å²) in [7, 11) is 0. The molecule has 5 heteroatoms. The fourth-order valence-electron chi connectivity index (χ4n) is 4.77. The molecule has 1 aromatic carbocycles. The third kappa shape index (κ3) is 3.32. The molecule has 6 atom stereocenters. The fourth-order valence-corrected chi connectivity index (χ4v) is 5.86. The molecule has 1 amide bonds. The van der Waals surface area contributed by atoms with E-state index in [1.165, 1.54) is 11.1 Å². The van der Waals surface area contributed by atoms with Crippen LogP contribution in [0.4, 0.5) is 0 Å². The van der Waals surface area contributed by atoms with Crippen molar-refractivity contribution in [2.24, 2.45) is 11.8 Å². The van der Waals surface area contributed by atoms with Crippen LogP contribution in [0.1, 0.15) is 43.7 Å². The average Bonchev–Trinajstić information content (AvgIpc) is 3.12. The van der Waals surface area contributed by atoms with E-state index >= 15 is 0 Å². The Hall–Kier alpha value is -1.30. The van der Waals surface area contributed by atoms with Crippen molar-refractivity contribution in [2.45, 2.75) is 62.6 Å². The molecule has 1 saturated carbocycles. The van der Waals surface area contributed by atoms with Gasteiger partial charge in [-0.2, -0.15) is 0 Å². The van der Waals surface area contributed by atoms with Gasteiger partial charge in [-0.3, -0.25) is 4.79 Å². The summed E-state index contributed by atoms with van der Waals surface area (Å²) in [6.45, 7) is 5.15. The Labute approximate surface area is 159 Å². The second kappa shape index (κ2) is 7.37. The van der Waals surface area contributed by atoms with Crippen LogP contribution in [0.5, 0.6) is 0 Å². The molecule has 4 rings (SSSR count). The van der Waals surface area contributed by atoms with E-state index in [0.29, 0.717) is 6.04 Å². The van der Waals surface area contributed by atoms with Gasteiger partial charge in [0.2, 0.25) is 5.91 Å². The molecule has 6 unspecified atom stereocenters. The number of nitrogens with one attached hydrogen (secondary N) is 2. The first kappa shape index (κ1) is 18.1. The molecule has 1 aliphatic carbocycles. The molecule has 3 N–H and O–H groups in total. The maximum Gasteiger partial charge on any atom is 0.234 e. The summed E-state index contributed by atoms with van der Waals surface area (Å²) >= 11 is 1.62. The van der Waals surface area contributed by atoms with Crippen molar-refractivity contribution in [3.8, 4) is 0 Å². The summed E-state index contributed by atoms with van der Waals surface area (Å²) in [5.41, 5.74) is 2.45. The van der Waals surface area contributed by atoms with Crippen LogP contribution in [0.15, 0.2) is 35.7 Å². The smallest absolute Gasteiger partial charge is 0.234 e. The number of hydrogen-bond acceptors (Lipinski definition) is 4. The lowest BCUT2D eigenvalue weighted by Crippen LogP contribution is -2.59. The molecule has 3 aliphatic rings. The Balaban J connectivity index is 1.59. The van der Waals surface area contributed by atoms with Crippen LogP contribution in [0.3, 0.4) is 0 Å². The van der Waals surface area contributed by atoms with Crippen molar-refractivity contribution in [1.29, 1.82) is 0 Å². The van der Waals surface area contributed by atoms with Gasteiger partial charge >= 0.3 is 0 Å². The number of piperidine rings is 1. The third-order valence-corrected chi connectivity index (χ3v) is 7.19. The highest BCUT2D eigenvalue weighted by Gasteiger charge is 2.51. The van der Waals surface area contributed by atoms with Crippen molar-refractivity contribution < 1.29 is 9.90 Å². The predicted molar refractivity (Wildman–Crippen MR) is 106 cm³/mol. The number of thioether (sulfide) groups is 1. The Bertz CT molecular complexity index is 688. The second-order valence-corrected chi connectivity index (χ2v) is 9.15. The van der Waals surface area contributed by atoms with E-state index < -0.39 is 0 Å². The minimum absolute atomic E-state index is 0.0291. The minimum Gasteiger partial charge on any atom is -0.392 e. The zero-order chi connectivity index (χ0) is 18.3. The molecule has 4 nitrogen and oxygen atoms in total. The van der Waals surface area contributed by atoms with E-state index in [0.717, 1.165) is 19.4 Å². The topological polar surface area (TPSA) is 61.4 Å². The predicted octanol–water partition coefficient (Wildman–Crippen LogP) is 2.78. The lowest BCUT2D eigenvalue weighted by Gasteiger charge is -2.48. The van der Waals surface area contributed by atoms with Crippen molar-refractivity contribution in [1.82, 2.24) is 10.6 Å². The quantitative estimate of drug-likeness (QED) is 0.761. The van der Waals surface area contributed by atoms with Crippen molar-refractivity contribution in [3.05, 3.63) is 46.9 Å². The van der Waals surface area contributed by atoms with E-state index in [-0.39, 0.29) is 41.1 Å². The Morgan fingerprint density at radius 1 is 1.27 bits per heavy atom. The molecule has 1 aromatic rings. The molecular weight excluding hydrogens is 344 g/mol. The lowest BCUT2D eigenvalue weighted by molar-refractivity contribution is -0.126. The van der Waals surface area contributed by atoms with Gasteiger partial charge in [0, 0.05) is 30.5 Å². The van der Waals surface area contributed by atoms with E-state index in [4.69, 9.17) is 0 Å². The van der Waals surface area contributed by atoms with Crippen LogP contribution in [0, 0.1) is 11.8 Å². The fraction of sp³-hybridized carbons (Fsp3) is 0.571. The van der Waals surface area contributed by atoms with Crippen LogP contribution < -0.4 is 10.6 Å². The zero-order valence-corrected chi connectivity index (χ0v) is 16.2. The number of aliphatic hydroxyl groups is 1. The van der Waals surface area contributed by atoms with Gasteiger partial charge in [0.15, 0.2) is 0 Å². The number of amides is 1. The van der Waals surface area contributed by atoms with E-state index in [1.54, 1.807) is 11.8 Å². The number of allylic oxidation sites excluding steroid dienone is 1. The summed E-state index contributed by atoms with van der Waals surface area (Å²) in [5.74, 6) is 0.738. The van der Waals surface area contributed by atoms with E-state index in [1.807, 2.05) is 0 Å². The number of carbonyl (C=O) groups excluding carboxylic acids is 1. The number of hydrogen-bond donors (Lipinski definition) is 3. The van der Waals surface area contributed by atoms with Crippen molar-refractivity contribution in [3.63, 3.8) is 0 Å². The molecule has 0 spiro atoms. The summed E-state index contributed by atoms with van der Waals surface area (Å²) < 4.78 is 0. The van der Waals surface area contributed by atoms with Crippen LogP contribution in [0.2, 0.25) is 0 Å². The maximum atomic E-state index is 12.4. The van der Waals surface area contributed by atoms with Gasteiger partial charge in [0.1, 0.15) is 0 Å². The highest BCUT2D eigenvalue weighted by atomic mass is 32.2. The molecular formula is C21H28N2O2S. The number of carbonyl (C=O) groups is 1. The number of benzene rings is 1. The first-order valence-corrected chi connectivity index (χ1v) is 10.6. The maximum absolute atomic E-state index is 12.4. The standard InChI is InChI=1S/C21H28N2O2S/c1-12(2)22-11-13-3-5-14(6-4-13)18-17(24)8-7-16-19(18)15-9-10-26-20(15)21(25)23-16/h3-6,9-10,12,15-20,22,24H,7-8,11H2,1-2H3,(H,23,25). The molecule has 140 valence electrons. The monoisotopic (exact) mass is 372 g/mol. The molecule has 0 bridgehead atoms. The first-order valence-electron chi connectivity index (χ1n) is 9.67. The highest BCUT2D eigenvalue weighted by Crippen LogP contribution is 2.50. The van der Waals surface area contributed by atoms with Crippen LogP contribution in [0.25, 0.3) is 0 Å². The van der Waals surface area contributed by atoms with Gasteiger partial charge in [-0.05, 0) is 35.3 Å². The second-order valence-electron chi connectivity index (χ2n) is 8.10. The number of rotatable bonds is 4. The van der Waals surface area contributed by atoms with Crippen LogP contribution in [-0.2, 0) is 11.3 Å². The molecule has 2 heterocycles. The lowest BCUT2D eigenvalue weighted by atomic mass is 9.63. The Kier molecular flexibility index (Phi) is 5.13. The first-order chi connectivity index (χ1) is 12.5. The van der Waals surface area contributed by atoms with Crippen molar-refractivity contribution >= 4 is 17.7 Å². The van der Waals surface area contributed by atoms with Gasteiger partial charge in [-0.1, -0.05) is 44.2 Å². The largest absolute Gasteiger partial charge is 0.392 e. The Morgan fingerprint density at radius 2 is 2.04 bits per heavy atom. The van der Waals surface area contributed by atoms with Crippen molar-refractivity contribution in [2.75, 3.05) is 0 Å². The summed E-state index contributed by atoms with van der Waals surface area (Å²) in [6, 6.07) is 9.31. The summed E-state index contributed by atoms with van der Waals surface area (Å²) in [6.07, 6.45) is 3.46.